The number of amides is 1. The molecule has 1 amide bonds. The van der Waals surface area contributed by atoms with E-state index in [0.29, 0.717) is 6.54 Å². The van der Waals surface area contributed by atoms with E-state index in [-0.39, 0.29) is 5.41 Å². The molecule has 0 aliphatic carbocycles. The van der Waals surface area contributed by atoms with E-state index >= 15 is 0 Å². The number of aromatic amines is 1. The minimum atomic E-state index is -0.605. The molecule has 2 rings (SSSR count). The molecule has 0 aliphatic heterocycles. The van der Waals surface area contributed by atoms with E-state index in [1.807, 2.05) is 39.0 Å². The summed E-state index contributed by atoms with van der Waals surface area (Å²) in [6, 6.07) is 7.55. The van der Waals surface area contributed by atoms with Crippen molar-refractivity contribution in [2.75, 3.05) is 6.54 Å². The number of aromatic nitrogens is 2. The Morgan fingerprint density at radius 2 is 2.26 bits per heavy atom. The molecule has 2 N–H and O–H groups in total. The summed E-state index contributed by atoms with van der Waals surface area (Å²) in [7, 11) is 0. The number of nitrogens with zero attached hydrogens (tertiary/aromatic N) is 2. The lowest BCUT2D eigenvalue weighted by atomic mass is 9.84. The highest BCUT2D eigenvalue weighted by Crippen LogP contribution is 2.25. The van der Waals surface area contributed by atoms with Crippen molar-refractivity contribution < 1.29 is 4.79 Å². The van der Waals surface area contributed by atoms with Crippen LogP contribution in [0.3, 0.4) is 0 Å². The van der Waals surface area contributed by atoms with Crippen molar-refractivity contribution in [3.63, 3.8) is 0 Å². The largest absolute Gasteiger partial charge is 0.343 e. The number of carbonyl (C=O) groups excluding carboxylic acids is 1. The van der Waals surface area contributed by atoms with Gasteiger partial charge in [-0.3, -0.25) is 4.79 Å². The first-order valence-electron chi connectivity index (χ1n) is 6.07. The van der Waals surface area contributed by atoms with E-state index in [9.17, 15) is 4.79 Å². The highest BCUT2D eigenvalue weighted by molar-refractivity contribution is 5.91. The summed E-state index contributed by atoms with van der Waals surface area (Å²) in [4.78, 5) is 18.6. The zero-order valence-electron chi connectivity index (χ0n) is 11.2. The molecule has 1 aromatic carbocycles. The third-order valence-electron chi connectivity index (χ3n) is 3.17. The molecule has 5 nitrogen and oxygen atoms in total. The van der Waals surface area contributed by atoms with Gasteiger partial charge in [0.1, 0.15) is 5.82 Å². The second-order valence-corrected chi connectivity index (χ2v) is 5.23. The van der Waals surface area contributed by atoms with Crippen LogP contribution in [-0.2, 0) is 10.2 Å². The number of imidazole rings is 1. The number of hydrogen-bond donors (Lipinski definition) is 2. The van der Waals surface area contributed by atoms with Crippen LogP contribution < -0.4 is 5.32 Å². The molecule has 2 aromatic rings. The van der Waals surface area contributed by atoms with Crippen LogP contribution in [0.5, 0.6) is 0 Å². The lowest BCUT2D eigenvalue weighted by Gasteiger charge is -2.25. The van der Waals surface area contributed by atoms with Crippen molar-refractivity contribution in [1.82, 2.24) is 15.3 Å². The van der Waals surface area contributed by atoms with Gasteiger partial charge in [0, 0.05) is 12.0 Å². The number of carbonyl (C=O) groups is 1. The van der Waals surface area contributed by atoms with Crippen LogP contribution in [-0.4, -0.2) is 22.4 Å². The molecule has 98 valence electrons. The number of nitrogens with one attached hydrogen (secondary N) is 2. The number of fused-ring (bicyclic) bond motifs is 1. The minimum absolute atomic E-state index is 0.250. The van der Waals surface area contributed by atoms with Gasteiger partial charge in [0.15, 0.2) is 6.07 Å². The highest BCUT2D eigenvalue weighted by atomic mass is 16.1. The fourth-order valence-electron chi connectivity index (χ4n) is 2.00. The van der Waals surface area contributed by atoms with Crippen molar-refractivity contribution in [3.8, 4) is 6.07 Å². The smallest absolute Gasteiger partial charge is 0.322 e. The van der Waals surface area contributed by atoms with Crippen LogP contribution in [0.15, 0.2) is 18.2 Å². The average Bonchev–Trinajstić information content (AvgIpc) is 2.74. The summed E-state index contributed by atoms with van der Waals surface area (Å²) in [5, 5.41) is 11.1. The van der Waals surface area contributed by atoms with Gasteiger partial charge < -0.3 is 10.3 Å². The molecule has 1 heterocycles. The third-order valence-corrected chi connectivity index (χ3v) is 3.17. The van der Waals surface area contributed by atoms with E-state index in [1.54, 1.807) is 6.07 Å². The van der Waals surface area contributed by atoms with Gasteiger partial charge >= 0.3 is 5.91 Å². The fraction of sp³-hybridized carbons (Fsp3) is 0.357. The van der Waals surface area contributed by atoms with Gasteiger partial charge in [0.2, 0.25) is 0 Å². The molecule has 0 saturated carbocycles. The number of H-pyrrole nitrogens is 1. The number of rotatable bonds is 3. The van der Waals surface area contributed by atoms with Crippen LogP contribution in [0.4, 0.5) is 0 Å². The Bertz CT molecular complexity index is 664. The number of benzene rings is 1. The van der Waals surface area contributed by atoms with E-state index in [2.05, 4.69) is 15.3 Å². The van der Waals surface area contributed by atoms with Crippen molar-refractivity contribution in [1.29, 1.82) is 5.26 Å². The first kappa shape index (κ1) is 13.1. The zero-order valence-corrected chi connectivity index (χ0v) is 11.2. The van der Waals surface area contributed by atoms with Gasteiger partial charge in [-0.2, -0.15) is 5.26 Å². The van der Waals surface area contributed by atoms with Crippen molar-refractivity contribution in [3.05, 3.63) is 29.6 Å². The van der Waals surface area contributed by atoms with Crippen molar-refractivity contribution in [2.24, 2.45) is 0 Å². The quantitative estimate of drug-likeness (QED) is 0.821. The predicted octanol–water partition coefficient (Wildman–Crippen LogP) is 1.79. The summed E-state index contributed by atoms with van der Waals surface area (Å²) in [5.41, 5.74) is 2.74. The normalized spacial score (nSPS) is 11.3. The summed E-state index contributed by atoms with van der Waals surface area (Å²) >= 11 is 0. The summed E-state index contributed by atoms with van der Waals surface area (Å²) in [6.45, 7) is 6.38. The predicted molar refractivity (Wildman–Crippen MR) is 72.5 cm³/mol. The lowest BCUT2D eigenvalue weighted by Crippen LogP contribution is -2.36. The zero-order chi connectivity index (χ0) is 14.0. The van der Waals surface area contributed by atoms with Crippen molar-refractivity contribution >= 4 is 16.9 Å². The van der Waals surface area contributed by atoms with Crippen molar-refractivity contribution in [2.45, 2.75) is 26.2 Å². The second kappa shape index (κ2) is 4.73. The highest BCUT2D eigenvalue weighted by Gasteiger charge is 2.22. The van der Waals surface area contributed by atoms with Crippen LogP contribution in [0.25, 0.3) is 11.0 Å². The minimum Gasteiger partial charge on any atom is -0.343 e. The molecule has 0 fully saturated rings. The summed E-state index contributed by atoms with van der Waals surface area (Å²) in [6.07, 6.45) is 0. The molecule has 1 aromatic heterocycles. The molecule has 0 unspecified atom stereocenters. The van der Waals surface area contributed by atoms with Gasteiger partial charge in [-0.25, -0.2) is 4.98 Å². The molecule has 5 heteroatoms. The Labute approximate surface area is 111 Å². The van der Waals surface area contributed by atoms with E-state index in [0.717, 1.165) is 22.4 Å². The van der Waals surface area contributed by atoms with Crippen LogP contribution in [0.2, 0.25) is 0 Å². The summed E-state index contributed by atoms with van der Waals surface area (Å²) in [5.74, 6) is 0.272. The van der Waals surface area contributed by atoms with Gasteiger partial charge in [0.05, 0.1) is 11.0 Å². The van der Waals surface area contributed by atoms with E-state index in [1.165, 1.54) is 0 Å². The monoisotopic (exact) mass is 256 g/mol. The van der Waals surface area contributed by atoms with E-state index in [4.69, 9.17) is 5.26 Å². The maximum atomic E-state index is 11.0. The Morgan fingerprint density at radius 1 is 1.53 bits per heavy atom. The molecule has 0 spiro atoms. The van der Waals surface area contributed by atoms with E-state index < -0.39 is 5.91 Å². The number of nitriles is 1. The molecule has 0 saturated heterocycles. The van der Waals surface area contributed by atoms with Gasteiger partial charge in [-0.1, -0.05) is 19.9 Å². The number of hydrogen-bond acceptors (Lipinski definition) is 3. The van der Waals surface area contributed by atoms with Gasteiger partial charge in [0.25, 0.3) is 0 Å². The molecule has 0 atom stereocenters. The Balaban J connectivity index is 2.26. The summed E-state index contributed by atoms with van der Waals surface area (Å²) < 4.78 is 0. The Morgan fingerprint density at radius 3 is 2.95 bits per heavy atom. The Hall–Kier alpha value is -2.35. The standard InChI is InChI=1S/C14H16N4O/c1-9-17-11-5-4-10(6-12(11)18-9)14(2,3)8-16-13(19)7-15/h4-6H,8H2,1-3H3,(H,16,19)(H,17,18). The van der Waals surface area contributed by atoms with Crippen LogP contribution in [0, 0.1) is 18.3 Å². The molecule has 0 radical (unpaired) electrons. The maximum Gasteiger partial charge on any atom is 0.322 e. The molecular formula is C14H16N4O. The second-order valence-electron chi connectivity index (χ2n) is 5.23. The Kier molecular flexibility index (Phi) is 3.26. The van der Waals surface area contributed by atoms with Crippen LogP contribution >= 0.6 is 0 Å². The van der Waals surface area contributed by atoms with Gasteiger partial charge in [-0.15, -0.1) is 0 Å². The van der Waals surface area contributed by atoms with Gasteiger partial charge in [-0.05, 0) is 24.6 Å². The SMILES string of the molecule is Cc1nc2ccc(C(C)(C)CNC(=O)C#N)cc2[nH]1. The first-order chi connectivity index (χ1) is 8.92. The lowest BCUT2D eigenvalue weighted by molar-refractivity contribution is -0.116. The molecular weight excluding hydrogens is 240 g/mol. The first-order valence-corrected chi connectivity index (χ1v) is 6.07. The topological polar surface area (TPSA) is 81.6 Å². The molecule has 0 aliphatic rings. The molecule has 0 bridgehead atoms. The average molecular weight is 256 g/mol. The maximum absolute atomic E-state index is 11.0. The fourth-order valence-corrected chi connectivity index (χ4v) is 2.00. The van der Waals surface area contributed by atoms with Crippen LogP contribution in [0.1, 0.15) is 25.2 Å². The number of aryl methyl sites for hydroxylation is 1. The third kappa shape index (κ3) is 2.74. The molecule has 19 heavy (non-hydrogen) atoms.